The van der Waals surface area contributed by atoms with Gasteiger partial charge in [-0.2, -0.15) is 0 Å². The van der Waals surface area contributed by atoms with Gasteiger partial charge in [0, 0.05) is 23.4 Å². The topological polar surface area (TPSA) is 47.6 Å². The van der Waals surface area contributed by atoms with Crippen molar-refractivity contribution < 1.29 is 14.3 Å². The highest BCUT2D eigenvalue weighted by Gasteiger charge is 2.12. The van der Waals surface area contributed by atoms with Crippen LogP contribution in [0, 0.1) is 13.8 Å². The van der Waals surface area contributed by atoms with Gasteiger partial charge in [-0.25, -0.2) is 0 Å². The van der Waals surface area contributed by atoms with Crippen LogP contribution in [-0.4, -0.2) is 19.1 Å². The molecule has 2 rings (SSSR count). The van der Waals surface area contributed by atoms with E-state index >= 15 is 0 Å². The van der Waals surface area contributed by atoms with Gasteiger partial charge in [0.15, 0.2) is 0 Å². The van der Waals surface area contributed by atoms with Gasteiger partial charge in [0.1, 0.15) is 5.75 Å². The van der Waals surface area contributed by atoms with Crippen LogP contribution in [0.2, 0.25) is 0 Å². The van der Waals surface area contributed by atoms with Crippen LogP contribution < -0.4 is 10.1 Å². The summed E-state index contributed by atoms with van der Waals surface area (Å²) in [7, 11) is 0. The molecule has 1 amide bonds. The zero-order valence-electron chi connectivity index (χ0n) is 14.8. The molecule has 0 heterocycles. The first-order valence-electron chi connectivity index (χ1n) is 8.27. The zero-order chi connectivity index (χ0) is 17.5. The van der Waals surface area contributed by atoms with E-state index in [1.807, 2.05) is 58.0 Å². The summed E-state index contributed by atoms with van der Waals surface area (Å²) < 4.78 is 11.1. The number of carbonyl (C=O) groups excluding carboxylic acids is 1. The Hall–Kier alpha value is -2.33. The molecule has 0 aliphatic rings. The number of hydrogen-bond acceptors (Lipinski definition) is 3. The summed E-state index contributed by atoms with van der Waals surface area (Å²) in [4.78, 5) is 12.6. The summed E-state index contributed by atoms with van der Waals surface area (Å²) in [6.07, 6.45) is 0. The summed E-state index contributed by atoms with van der Waals surface area (Å²) >= 11 is 0. The van der Waals surface area contributed by atoms with Gasteiger partial charge in [-0.3, -0.25) is 4.79 Å². The number of rotatable bonds is 7. The summed E-state index contributed by atoms with van der Waals surface area (Å²) in [6.45, 7) is 9.53. The standard InChI is InChI=1S/C20H25NO3/c1-5-23-13-17-12-16(10-11-19(17)24-6-2)20(22)21-18-9-7-8-14(3)15(18)4/h7-12H,5-6,13H2,1-4H3,(H,21,22). The van der Waals surface area contributed by atoms with Crippen LogP contribution >= 0.6 is 0 Å². The molecule has 0 spiro atoms. The maximum Gasteiger partial charge on any atom is 0.255 e. The number of benzene rings is 2. The number of ether oxygens (including phenoxy) is 2. The van der Waals surface area contributed by atoms with Gasteiger partial charge in [0.25, 0.3) is 5.91 Å². The molecule has 0 aliphatic heterocycles. The fourth-order valence-corrected chi connectivity index (χ4v) is 2.42. The monoisotopic (exact) mass is 327 g/mol. The maximum atomic E-state index is 12.6. The number of nitrogens with one attached hydrogen (secondary N) is 1. The summed E-state index contributed by atoms with van der Waals surface area (Å²) in [5.41, 5.74) is 4.53. The second-order valence-corrected chi connectivity index (χ2v) is 5.59. The van der Waals surface area contributed by atoms with E-state index in [2.05, 4.69) is 5.32 Å². The highest BCUT2D eigenvalue weighted by Crippen LogP contribution is 2.23. The highest BCUT2D eigenvalue weighted by atomic mass is 16.5. The molecule has 0 bridgehead atoms. The molecule has 0 unspecified atom stereocenters. The molecule has 0 aliphatic carbocycles. The minimum Gasteiger partial charge on any atom is -0.494 e. The van der Waals surface area contributed by atoms with Gasteiger partial charge >= 0.3 is 0 Å². The lowest BCUT2D eigenvalue weighted by Gasteiger charge is -2.13. The molecule has 0 aromatic heterocycles. The van der Waals surface area contributed by atoms with E-state index in [0.717, 1.165) is 28.1 Å². The quantitative estimate of drug-likeness (QED) is 0.815. The van der Waals surface area contributed by atoms with Crippen LogP contribution in [0.1, 0.15) is 40.9 Å². The Kier molecular flexibility index (Phi) is 6.38. The predicted molar refractivity (Wildman–Crippen MR) is 96.8 cm³/mol. The molecular weight excluding hydrogens is 302 g/mol. The maximum absolute atomic E-state index is 12.6. The van der Waals surface area contributed by atoms with Crippen molar-refractivity contribution in [2.24, 2.45) is 0 Å². The minimum absolute atomic E-state index is 0.135. The summed E-state index contributed by atoms with van der Waals surface area (Å²) in [6, 6.07) is 11.3. The van der Waals surface area contributed by atoms with Crippen LogP contribution in [0.15, 0.2) is 36.4 Å². The van der Waals surface area contributed by atoms with E-state index in [9.17, 15) is 4.79 Å². The first-order valence-corrected chi connectivity index (χ1v) is 8.27. The molecule has 128 valence electrons. The van der Waals surface area contributed by atoms with E-state index in [-0.39, 0.29) is 5.91 Å². The number of amides is 1. The average Bonchev–Trinajstić information content (AvgIpc) is 2.58. The van der Waals surface area contributed by atoms with Gasteiger partial charge in [-0.1, -0.05) is 12.1 Å². The Bertz CT molecular complexity index is 710. The molecule has 24 heavy (non-hydrogen) atoms. The Morgan fingerprint density at radius 2 is 1.88 bits per heavy atom. The van der Waals surface area contributed by atoms with Gasteiger partial charge in [-0.05, 0) is 63.1 Å². The van der Waals surface area contributed by atoms with E-state index in [1.54, 1.807) is 6.07 Å². The van der Waals surface area contributed by atoms with Gasteiger partial charge in [0.05, 0.1) is 13.2 Å². The SMILES string of the molecule is CCOCc1cc(C(=O)Nc2cccc(C)c2C)ccc1OCC. The van der Waals surface area contributed by atoms with Crippen molar-refractivity contribution in [1.29, 1.82) is 0 Å². The molecule has 2 aromatic rings. The molecule has 0 saturated carbocycles. The molecule has 4 heteroatoms. The Morgan fingerprint density at radius 3 is 2.58 bits per heavy atom. The lowest BCUT2D eigenvalue weighted by molar-refractivity contribution is 0.102. The first-order chi connectivity index (χ1) is 11.6. The van der Waals surface area contributed by atoms with Crippen molar-refractivity contribution in [3.05, 3.63) is 58.7 Å². The highest BCUT2D eigenvalue weighted by molar-refractivity contribution is 6.04. The number of aryl methyl sites for hydroxylation is 1. The molecule has 0 radical (unpaired) electrons. The van der Waals surface area contributed by atoms with Crippen LogP contribution in [0.3, 0.4) is 0 Å². The number of anilines is 1. The van der Waals surface area contributed by atoms with E-state index in [4.69, 9.17) is 9.47 Å². The Labute approximate surface area is 143 Å². The minimum atomic E-state index is -0.135. The van der Waals surface area contributed by atoms with E-state index in [1.165, 1.54) is 0 Å². The lowest BCUT2D eigenvalue weighted by Crippen LogP contribution is -2.14. The third-order valence-electron chi connectivity index (χ3n) is 3.94. The second-order valence-electron chi connectivity index (χ2n) is 5.59. The molecule has 0 saturated heterocycles. The fourth-order valence-electron chi connectivity index (χ4n) is 2.42. The van der Waals surface area contributed by atoms with Crippen molar-refractivity contribution in [3.63, 3.8) is 0 Å². The molecule has 0 atom stereocenters. The van der Waals surface area contributed by atoms with Crippen LogP contribution in [0.4, 0.5) is 5.69 Å². The largest absolute Gasteiger partial charge is 0.494 e. The summed E-state index contributed by atoms with van der Waals surface area (Å²) in [5, 5.41) is 2.98. The third-order valence-corrected chi connectivity index (χ3v) is 3.94. The molecule has 4 nitrogen and oxygen atoms in total. The van der Waals surface area contributed by atoms with E-state index in [0.29, 0.717) is 25.4 Å². The zero-order valence-corrected chi connectivity index (χ0v) is 14.8. The molecule has 1 N–H and O–H groups in total. The molecule has 2 aromatic carbocycles. The number of hydrogen-bond donors (Lipinski definition) is 1. The molecular formula is C20H25NO3. The fraction of sp³-hybridized carbons (Fsp3) is 0.350. The first kappa shape index (κ1) is 18.0. The smallest absolute Gasteiger partial charge is 0.255 e. The van der Waals surface area contributed by atoms with Crippen LogP contribution in [0.5, 0.6) is 5.75 Å². The third kappa shape index (κ3) is 4.36. The Balaban J connectivity index is 2.23. The van der Waals surface area contributed by atoms with E-state index < -0.39 is 0 Å². The number of carbonyl (C=O) groups is 1. The van der Waals surface area contributed by atoms with Gasteiger partial charge in [0.2, 0.25) is 0 Å². The Morgan fingerprint density at radius 1 is 1.08 bits per heavy atom. The predicted octanol–water partition coefficient (Wildman–Crippen LogP) is 4.49. The van der Waals surface area contributed by atoms with Crippen LogP contribution in [0.25, 0.3) is 0 Å². The van der Waals surface area contributed by atoms with Crippen molar-refractivity contribution in [2.75, 3.05) is 18.5 Å². The lowest BCUT2D eigenvalue weighted by atomic mass is 10.1. The average molecular weight is 327 g/mol. The van der Waals surface area contributed by atoms with Crippen molar-refractivity contribution >= 4 is 11.6 Å². The normalized spacial score (nSPS) is 10.5. The summed E-state index contributed by atoms with van der Waals surface area (Å²) in [5.74, 6) is 0.624. The molecule has 0 fully saturated rings. The van der Waals surface area contributed by atoms with Gasteiger partial charge in [-0.15, -0.1) is 0 Å². The van der Waals surface area contributed by atoms with Crippen molar-refractivity contribution in [2.45, 2.75) is 34.3 Å². The van der Waals surface area contributed by atoms with Crippen molar-refractivity contribution in [1.82, 2.24) is 0 Å². The van der Waals surface area contributed by atoms with Gasteiger partial charge < -0.3 is 14.8 Å². The van der Waals surface area contributed by atoms with Crippen molar-refractivity contribution in [3.8, 4) is 5.75 Å². The van der Waals surface area contributed by atoms with Crippen LogP contribution in [-0.2, 0) is 11.3 Å². The second kappa shape index (κ2) is 8.50.